The van der Waals surface area contributed by atoms with Crippen molar-refractivity contribution in [3.63, 3.8) is 0 Å². The molecule has 2 aromatic carbocycles. The van der Waals surface area contributed by atoms with Crippen LogP contribution in [0.4, 0.5) is 11.4 Å². The first kappa shape index (κ1) is 13.0. The van der Waals surface area contributed by atoms with Crippen LogP contribution in [0, 0.1) is 6.92 Å². The first-order valence-corrected chi connectivity index (χ1v) is 5.86. The highest BCUT2D eigenvalue weighted by atomic mass is 16.5. The molecule has 0 spiro atoms. The number of para-hydroxylation sites is 1. The summed E-state index contributed by atoms with van der Waals surface area (Å²) in [6.07, 6.45) is 0. The maximum Gasteiger partial charge on any atom is 0.338 e. The van der Waals surface area contributed by atoms with Crippen LogP contribution in [0.2, 0.25) is 0 Å². The van der Waals surface area contributed by atoms with Crippen LogP contribution in [0.3, 0.4) is 0 Å². The molecular weight excluding hydrogens is 242 g/mol. The summed E-state index contributed by atoms with van der Waals surface area (Å²) in [4.78, 5) is 11.6. The van der Waals surface area contributed by atoms with Gasteiger partial charge in [0.2, 0.25) is 0 Å². The second kappa shape index (κ2) is 5.44. The number of rotatable bonds is 3. The minimum absolute atomic E-state index is 0.0917. The second-order valence-corrected chi connectivity index (χ2v) is 4.11. The van der Waals surface area contributed by atoms with Crippen LogP contribution >= 0.6 is 0 Å². The van der Waals surface area contributed by atoms with Gasteiger partial charge in [0, 0.05) is 5.69 Å². The van der Waals surface area contributed by atoms with Crippen molar-refractivity contribution < 1.29 is 14.6 Å². The Kier molecular flexibility index (Phi) is 3.71. The average Bonchev–Trinajstić information content (AvgIpc) is 2.44. The molecule has 0 aliphatic carbocycles. The molecule has 2 rings (SSSR count). The third-order valence-corrected chi connectivity index (χ3v) is 2.89. The monoisotopic (exact) mass is 257 g/mol. The quantitative estimate of drug-likeness (QED) is 0.654. The van der Waals surface area contributed by atoms with E-state index in [4.69, 9.17) is 4.74 Å². The molecule has 0 amide bonds. The number of esters is 1. The van der Waals surface area contributed by atoms with Gasteiger partial charge in [-0.1, -0.05) is 18.2 Å². The molecule has 0 heterocycles. The minimum atomic E-state index is -0.423. The number of carbonyl (C=O) groups is 1. The fourth-order valence-corrected chi connectivity index (χ4v) is 1.85. The molecular formula is C15H15NO3. The third-order valence-electron chi connectivity index (χ3n) is 2.89. The summed E-state index contributed by atoms with van der Waals surface area (Å²) in [6.45, 7) is 1.76. The van der Waals surface area contributed by atoms with Crippen molar-refractivity contribution in [1.82, 2.24) is 0 Å². The molecule has 4 heteroatoms. The number of carbonyl (C=O) groups excluding carboxylic acids is 1. The lowest BCUT2D eigenvalue weighted by Crippen LogP contribution is -2.06. The fourth-order valence-electron chi connectivity index (χ4n) is 1.85. The molecule has 0 unspecified atom stereocenters. The first-order chi connectivity index (χ1) is 9.13. The van der Waals surface area contributed by atoms with Crippen LogP contribution in [0.1, 0.15) is 15.9 Å². The Morgan fingerprint density at radius 3 is 2.47 bits per heavy atom. The van der Waals surface area contributed by atoms with E-state index < -0.39 is 5.97 Å². The van der Waals surface area contributed by atoms with Gasteiger partial charge in [-0.15, -0.1) is 0 Å². The predicted molar refractivity (Wildman–Crippen MR) is 73.9 cm³/mol. The molecule has 0 saturated heterocycles. The van der Waals surface area contributed by atoms with Crippen molar-refractivity contribution >= 4 is 17.3 Å². The smallest absolute Gasteiger partial charge is 0.338 e. The van der Waals surface area contributed by atoms with Gasteiger partial charge in [-0.2, -0.15) is 0 Å². The molecule has 0 fully saturated rings. The number of benzene rings is 2. The SMILES string of the molecule is COC(=O)c1ccc(O)c(Nc2ccccc2)c1C. The van der Waals surface area contributed by atoms with Gasteiger partial charge in [0.05, 0.1) is 18.4 Å². The van der Waals surface area contributed by atoms with E-state index in [0.717, 1.165) is 5.69 Å². The Bertz CT molecular complexity index is 594. The van der Waals surface area contributed by atoms with Crippen LogP contribution in [0.5, 0.6) is 5.75 Å². The number of hydrogen-bond acceptors (Lipinski definition) is 4. The molecule has 19 heavy (non-hydrogen) atoms. The Balaban J connectivity index is 2.42. The van der Waals surface area contributed by atoms with E-state index in [1.54, 1.807) is 13.0 Å². The average molecular weight is 257 g/mol. The largest absolute Gasteiger partial charge is 0.506 e. The third kappa shape index (κ3) is 2.68. The molecule has 0 saturated carbocycles. The van der Waals surface area contributed by atoms with Gasteiger partial charge in [0.1, 0.15) is 5.75 Å². The van der Waals surface area contributed by atoms with Crippen LogP contribution in [-0.2, 0) is 4.74 Å². The van der Waals surface area contributed by atoms with Crippen molar-refractivity contribution in [3.05, 3.63) is 53.6 Å². The number of hydrogen-bond donors (Lipinski definition) is 2. The maximum atomic E-state index is 11.6. The van der Waals surface area contributed by atoms with Crippen molar-refractivity contribution in [1.29, 1.82) is 0 Å². The maximum absolute atomic E-state index is 11.6. The van der Waals surface area contributed by atoms with Crippen LogP contribution in [0.25, 0.3) is 0 Å². The van der Waals surface area contributed by atoms with Gasteiger partial charge in [0.15, 0.2) is 0 Å². The number of phenolic OH excluding ortho intramolecular Hbond substituents is 1. The van der Waals surface area contributed by atoms with Crippen molar-refractivity contribution in [3.8, 4) is 5.75 Å². The number of nitrogens with one attached hydrogen (secondary N) is 1. The number of phenols is 1. The molecule has 0 aromatic heterocycles. The molecule has 2 N–H and O–H groups in total. The molecule has 98 valence electrons. The van der Waals surface area contributed by atoms with Crippen molar-refractivity contribution in [2.75, 3.05) is 12.4 Å². The van der Waals surface area contributed by atoms with E-state index >= 15 is 0 Å². The summed E-state index contributed by atoms with van der Waals surface area (Å²) < 4.78 is 4.71. The molecule has 0 atom stereocenters. The van der Waals surface area contributed by atoms with E-state index in [0.29, 0.717) is 16.8 Å². The van der Waals surface area contributed by atoms with E-state index in [2.05, 4.69) is 5.32 Å². The normalized spacial score (nSPS) is 10.0. The lowest BCUT2D eigenvalue weighted by atomic mass is 10.1. The summed E-state index contributed by atoms with van der Waals surface area (Å²) in [7, 11) is 1.33. The number of aromatic hydroxyl groups is 1. The van der Waals surface area contributed by atoms with Crippen LogP contribution in [-0.4, -0.2) is 18.2 Å². The Morgan fingerprint density at radius 2 is 1.84 bits per heavy atom. The summed E-state index contributed by atoms with van der Waals surface area (Å²) >= 11 is 0. The summed E-state index contributed by atoms with van der Waals surface area (Å²) in [5.41, 5.74) is 2.42. The minimum Gasteiger partial charge on any atom is -0.506 e. The van der Waals surface area contributed by atoms with Crippen molar-refractivity contribution in [2.24, 2.45) is 0 Å². The number of anilines is 2. The Morgan fingerprint density at radius 1 is 1.16 bits per heavy atom. The van der Waals surface area contributed by atoms with E-state index in [1.807, 2.05) is 30.3 Å². The zero-order valence-electron chi connectivity index (χ0n) is 10.8. The van der Waals surface area contributed by atoms with Gasteiger partial charge in [-0.05, 0) is 36.8 Å². The first-order valence-electron chi connectivity index (χ1n) is 5.86. The summed E-state index contributed by atoms with van der Waals surface area (Å²) in [6, 6.07) is 12.5. The van der Waals surface area contributed by atoms with Gasteiger partial charge < -0.3 is 15.2 Å². The van der Waals surface area contributed by atoms with E-state index in [1.165, 1.54) is 13.2 Å². The van der Waals surface area contributed by atoms with Gasteiger partial charge in [-0.25, -0.2) is 4.79 Å². The lowest BCUT2D eigenvalue weighted by molar-refractivity contribution is 0.0600. The molecule has 0 radical (unpaired) electrons. The van der Waals surface area contributed by atoms with E-state index in [9.17, 15) is 9.90 Å². The van der Waals surface area contributed by atoms with Crippen LogP contribution in [0.15, 0.2) is 42.5 Å². The topological polar surface area (TPSA) is 58.6 Å². The molecule has 0 aliphatic rings. The lowest BCUT2D eigenvalue weighted by Gasteiger charge is -2.14. The fraction of sp³-hybridized carbons (Fsp3) is 0.133. The number of ether oxygens (including phenoxy) is 1. The summed E-state index contributed by atoms with van der Waals surface area (Å²) in [5.74, 6) is -0.331. The highest BCUT2D eigenvalue weighted by Crippen LogP contribution is 2.32. The molecule has 4 nitrogen and oxygen atoms in total. The van der Waals surface area contributed by atoms with Gasteiger partial charge >= 0.3 is 5.97 Å². The zero-order valence-corrected chi connectivity index (χ0v) is 10.8. The Hall–Kier alpha value is -2.49. The predicted octanol–water partition coefficient (Wildman–Crippen LogP) is 3.23. The summed E-state index contributed by atoms with van der Waals surface area (Å²) in [5, 5.41) is 13.0. The van der Waals surface area contributed by atoms with Crippen molar-refractivity contribution in [2.45, 2.75) is 6.92 Å². The highest BCUT2D eigenvalue weighted by Gasteiger charge is 2.15. The Labute approximate surface area is 111 Å². The number of methoxy groups -OCH3 is 1. The standard InChI is InChI=1S/C15H15NO3/c1-10-12(15(18)19-2)8-9-13(17)14(10)16-11-6-4-3-5-7-11/h3-9,16-17H,1-2H3. The molecule has 0 aliphatic heterocycles. The van der Waals surface area contributed by atoms with E-state index in [-0.39, 0.29) is 5.75 Å². The second-order valence-electron chi connectivity index (χ2n) is 4.11. The highest BCUT2D eigenvalue weighted by molar-refractivity contribution is 5.94. The van der Waals surface area contributed by atoms with Gasteiger partial charge in [-0.3, -0.25) is 0 Å². The molecule has 0 bridgehead atoms. The van der Waals surface area contributed by atoms with Crippen LogP contribution < -0.4 is 5.32 Å². The van der Waals surface area contributed by atoms with Gasteiger partial charge in [0.25, 0.3) is 0 Å². The zero-order chi connectivity index (χ0) is 13.8. The molecule has 2 aromatic rings.